The van der Waals surface area contributed by atoms with Crippen molar-refractivity contribution in [3.8, 4) is 51.0 Å². The lowest BCUT2D eigenvalue weighted by Crippen LogP contribution is -2.39. The van der Waals surface area contributed by atoms with Gasteiger partial charge in [0.15, 0.2) is 0 Å². The quantitative estimate of drug-likeness (QED) is 0.0339. The lowest BCUT2D eigenvalue weighted by molar-refractivity contribution is 0.0503. The fourth-order valence-electron chi connectivity index (χ4n) is 16.7. The molecule has 5 fully saturated rings. The maximum absolute atomic E-state index is 12.7. The number of rotatable bonds is 20. The van der Waals surface area contributed by atoms with E-state index in [2.05, 4.69) is 56.9 Å². The highest BCUT2D eigenvalue weighted by Crippen LogP contribution is 2.41. The zero-order chi connectivity index (χ0) is 105. The maximum Gasteiger partial charge on any atom is 0.435 e. The van der Waals surface area contributed by atoms with Gasteiger partial charge in [0.05, 0.1) is 104 Å². The Balaban J connectivity index is 0.000000163. The van der Waals surface area contributed by atoms with Crippen molar-refractivity contribution in [2.45, 2.75) is 241 Å². The molecule has 5 saturated heterocycles. The third-order valence-corrected chi connectivity index (χ3v) is 24.2. The fraction of sp³-hybridized carbons (Fsp3) is 0.454. The number of nitrogens with zero attached hydrogens (tertiary/aromatic N) is 10. The topological polar surface area (TPSA) is 493 Å². The number of carbonyl (C=O) groups is 7. The van der Waals surface area contributed by atoms with Crippen molar-refractivity contribution in [3.63, 3.8) is 0 Å². The van der Waals surface area contributed by atoms with Crippen LogP contribution in [-0.4, -0.2) is 209 Å². The molecule has 0 saturated carbocycles. The Labute approximate surface area is 845 Å². The Kier molecular flexibility index (Phi) is 37.9. The Morgan fingerprint density at radius 2 is 0.655 bits per heavy atom. The monoisotopic (exact) mass is 1990 g/mol. The first kappa shape index (κ1) is 110. The highest BCUT2D eigenvalue weighted by molar-refractivity contribution is 5.96. The molecule has 37 heteroatoms. The van der Waals surface area contributed by atoms with Crippen LogP contribution in [0.2, 0.25) is 0 Å². The number of hydrogen-bond acceptors (Lipinski definition) is 29. The lowest BCUT2D eigenvalue weighted by Gasteiger charge is -2.25. The van der Waals surface area contributed by atoms with Crippen LogP contribution < -0.4 is 52.3 Å². The Bertz CT molecular complexity index is 6250. The van der Waals surface area contributed by atoms with Crippen LogP contribution in [0.3, 0.4) is 0 Å². The summed E-state index contributed by atoms with van der Waals surface area (Å²) in [6, 6.07) is 31.2. The van der Waals surface area contributed by atoms with Gasteiger partial charge in [0.2, 0.25) is 0 Å². The molecule has 5 aliphatic rings. The van der Waals surface area contributed by atoms with E-state index in [0.717, 1.165) is 162 Å². The number of anilines is 5. The fourth-order valence-corrected chi connectivity index (χ4v) is 16.7. The number of aryl methyl sites for hydroxylation is 8. The first-order valence-corrected chi connectivity index (χ1v) is 49.0. The van der Waals surface area contributed by atoms with E-state index in [9.17, 15) is 43.8 Å². The van der Waals surface area contributed by atoms with Crippen LogP contribution in [-0.2, 0) is 33.2 Å². The van der Waals surface area contributed by atoms with Crippen molar-refractivity contribution in [1.82, 2.24) is 65.3 Å². The van der Waals surface area contributed by atoms with Gasteiger partial charge in [-0.2, -0.15) is 24.7 Å². The van der Waals surface area contributed by atoms with E-state index in [1.807, 2.05) is 130 Å². The molecule has 12 N–H and O–H groups in total. The van der Waals surface area contributed by atoms with E-state index in [4.69, 9.17) is 73.8 Å². The van der Waals surface area contributed by atoms with Crippen molar-refractivity contribution in [2.75, 3.05) is 107 Å². The van der Waals surface area contributed by atoms with Gasteiger partial charge in [-0.25, -0.2) is 48.9 Å². The molecule has 0 aliphatic carbocycles. The van der Waals surface area contributed by atoms with Crippen LogP contribution in [0.15, 0.2) is 140 Å². The Morgan fingerprint density at radius 3 is 0.972 bits per heavy atom. The molecule has 0 bridgehead atoms. The van der Waals surface area contributed by atoms with Gasteiger partial charge in [0.1, 0.15) is 39.8 Å². The molecule has 0 atom stereocenters. The summed E-state index contributed by atoms with van der Waals surface area (Å²) in [5.74, 6) is 1.63. The van der Waals surface area contributed by atoms with Gasteiger partial charge in [-0.3, -0.25) is 30.6 Å². The minimum atomic E-state index is -1.03. The lowest BCUT2D eigenvalue weighted by atomic mass is 9.93. The largest absolute Gasteiger partial charge is 0.442 e. The number of ether oxygens (including phenoxy) is 10. The SMILES string of the molecule is Cc1cc(N)c(C2CCOCC2)nc1-c1cnn(C(=O)OC(C)(C)C)c1.Cc1cc(N)c(C2CCOCC2)nc1C(=O)NCC(C)(C)O.Cc1ccc(OC(=O)Nc2cc(C)c(-c3cn[nH]c3)nc2C2CCOCC2)cc1.Cc1ccc(OC(=O)Nc2cc(C)c(-c3cnn(C(=O)OC(C)(C)C)c3)nc2C2CCOCC2)cc1.Cc1ccc(OC(=O)Nc2cc(C)c(C(=O)NCC(C)(C)O)nc2C2CCOCC2)cc1. The molecular formula is C108H138N18O19. The number of nitrogens with two attached hydrogens (primary N) is 2. The molecule has 16 rings (SSSR count). The predicted octanol–water partition coefficient (Wildman–Crippen LogP) is 19.0. The number of carbonyl (C=O) groups excluding carboxylic acids is 7. The van der Waals surface area contributed by atoms with E-state index in [1.165, 1.54) is 9.36 Å². The van der Waals surface area contributed by atoms with Crippen molar-refractivity contribution in [1.29, 1.82) is 0 Å². The van der Waals surface area contributed by atoms with Gasteiger partial charge in [-0.05, 0) is 283 Å². The molecule has 11 aromatic rings. The second kappa shape index (κ2) is 50.0. The minimum Gasteiger partial charge on any atom is -0.442 e. The highest BCUT2D eigenvalue weighted by atomic mass is 16.6. The van der Waals surface area contributed by atoms with Crippen LogP contribution in [0, 0.1) is 55.4 Å². The average Bonchev–Trinajstić information content (AvgIpc) is 0.933. The highest BCUT2D eigenvalue weighted by Gasteiger charge is 2.33. The summed E-state index contributed by atoms with van der Waals surface area (Å²) in [5, 5.41) is 48.8. The zero-order valence-corrected chi connectivity index (χ0v) is 86.2. The van der Waals surface area contributed by atoms with Crippen molar-refractivity contribution in [3.05, 3.63) is 225 Å². The second-order valence-corrected chi connectivity index (χ2v) is 40.2. The normalized spacial score (nSPS) is 15.1. The summed E-state index contributed by atoms with van der Waals surface area (Å²) in [7, 11) is 0. The van der Waals surface area contributed by atoms with Crippen molar-refractivity contribution < 1.29 is 91.1 Å². The summed E-state index contributed by atoms with van der Waals surface area (Å²) in [5.41, 5.74) is 28.8. The summed E-state index contributed by atoms with van der Waals surface area (Å²) >= 11 is 0. The smallest absolute Gasteiger partial charge is 0.435 e. The number of pyridine rings is 5. The third-order valence-electron chi connectivity index (χ3n) is 24.2. The summed E-state index contributed by atoms with van der Waals surface area (Å²) in [6.45, 7) is 39.6. The number of nitrogen functional groups attached to an aromatic ring is 2. The third kappa shape index (κ3) is 32.8. The molecule has 8 aromatic heterocycles. The molecular weight excluding hydrogens is 1850 g/mol. The molecule has 5 amide bonds. The van der Waals surface area contributed by atoms with E-state index in [0.29, 0.717) is 133 Å². The number of benzene rings is 3. The van der Waals surface area contributed by atoms with Crippen molar-refractivity contribution in [2.24, 2.45) is 0 Å². The van der Waals surface area contributed by atoms with Crippen LogP contribution in [0.5, 0.6) is 17.2 Å². The van der Waals surface area contributed by atoms with Gasteiger partial charge in [0, 0.05) is 144 Å². The predicted molar refractivity (Wildman–Crippen MR) is 551 cm³/mol. The zero-order valence-electron chi connectivity index (χ0n) is 86.2. The number of nitrogens with one attached hydrogen (secondary N) is 6. The standard InChI is InChI=1S/C27H32N4O5.C24H31N3O5.C22H24N4O3.C19H26N4O3.C16H25N3O3/c1-17-6-8-21(9-7-17)35-25(32)29-22-14-18(2)23(30-24(22)19-10-12-34-13-11-19)20-15-28-31(16-20)26(33)36-27(3,4)5;1-15-5-7-18(8-6-15)32-23(29)26-19-13-16(2)20(22(28)25-14-24(3,4)30)27-21(19)17-9-11-31-12-10-17;1-14-3-5-18(6-4-14)29-22(27)25-19-11-15(2)20(17-12-23-24-13-17)26-21(19)16-7-9-28-10-8-16;1-12-9-15(20)17(13-5-7-25-8-6-13)22-16(12)14-10-21-23(11-14)18(24)26-19(2,3)4;1-10-8-12(17)14(11-4-6-22-7-5-11)19-13(10)15(20)18-9-16(2,3)21/h6-9,14-16,19H,10-13H2,1-5H3,(H,29,32);5-8,13,17,30H,9-12,14H2,1-4H3,(H,25,28)(H,26,29);3-6,11-13,16H,7-10H2,1-2H3,(H,23,24)(H,25,27);9-11,13H,5-8,20H2,1-4H3;8,11,21H,4-7,9,17H2,1-3H3,(H,18,20). The van der Waals surface area contributed by atoms with Crippen LogP contribution in [0.4, 0.5) is 52.4 Å². The average molecular weight is 1990 g/mol. The van der Waals surface area contributed by atoms with Crippen LogP contribution in [0.1, 0.15) is 257 Å². The Hall–Kier alpha value is -14.0. The van der Waals surface area contributed by atoms with Gasteiger partial charge in [-0.1, -0.05) is 53.1 Å². The molecule has 145 heavy (non-hydrogen) atoms. The van der Waals surface area contributed by atoms with E-state index >= 15 is 0 Å². The molecule has 0 unspecified atom stereocenters. The van der Waals surface area contributed by atoms with E-state index < -0.39 is 52.9 Å². The number of aromatic amines is 1. The summed E-state index contributed by atoms with van der Waals surface area (Å²) in [6.07, 6.45) is 15.6. The van der Waals surface area contributed by atoms with E-state index in [-0.39, 0.29) is 54.3 Å². The molecule has 774 valence electrons. The number of amides is 5. The molecule has 37 nitrogen and oxygen atoms in total. The van der Waals surface area contributed by atoms with Gasteiger partial charge < -0.3 is 79.7 Å². The number of hydrogen-bond donors (Lipinski definition) is 10. The maximum atomic E-state index is 12.7. The van der Waals surface area contributed by atoms with Crippen molar-refractivity contribution >= 4 is 70.7 Å². The van der Waals surface area contributed by atoms with Crippen LogP contribution >= 0.6 is 0 Å². The molecule has 0 radical (unpaired) electrons. The molecule has 3 aromatic carbocycles. The van der Waals surface area contributed by atoms with Gasteiger partial charge in [0.25, 0.3) is 11.8 Å². The van der Waals surface area contributed by atoms with E-state index in [1.54, 1.807) is 135 Å². The van der Waals surface area contributed by atoms with Gasteiger partial charge in [-0.15, -0.1) is 0 Å². The summed E-state index contributed by atoms with van der Waals surface area (Å²) in [4.78, 5) is 111. The number of H-pyrrole nitrogens is 1. The van der Waals surface area contributed by atoms with Crippen LogP contribution in [0.25, 0.3) is 33.8 Å². The Morgan fingerprint density at radius 1 is 0.379 bits per heavy atom. The van der Waals surface area contributed by atoms with Gasteiger partial charge >= 0.3 is 30.5 Å². The first-order chi connectivity index (χ1) is 68.8. The first-order valence-electron chi connectivity index (χ1n) is 49.0. The number of aromatic nitrogens is 11. The molecule has 5 aliphatic heterocycles. The summed E-state index contributed by atoms with van der Waals surface area (Å²) < 4.78 is 56.7. The number of aliphatic hydroxyl groups is 2. The second-order valence-electron chi connectivity index (χ2n) is 40.2. The molecule has 13 heterocycles. The minimum absolute atomic E-state index is 0.0415. The molecule has 0 spiro atoms.